The van der Waals surface area contributed by atoms with Gasteiger partial charge in [0, 0.05) is 18.5 Å². The van der Waals surface area contributed by atoms with Crippen LogP contribution in [0.1, 0.15) is 0 Å². The predicted molar refractivity (Wildman–Crippen MR) is 39.1 cm³/mol. The van der Waals surface area contributed by atoms with Gasteiger partial charge in [0.1, 0.15) is 11.0 Å². The molecule has 0 N–H and O–H groups in total. The van der Waals surface area contributed by atoms with E-state index < -0.39 is 11.0 Å². The maximum absolute atomic E-state index is 10.9. The molecule has 3 heteroatoms. The Morgan fingerprint density at radius 1 is 1.89 bits per heavy atom. The van der Waals surface area contributed by atoms with E-state index in [4.69, 9.17) is 0 Å². The highest BCUT2D eigenvalue weighted by atomic mass is 32.2. The Balaban J connectivity index is 2.45. The molecule has 0 saturated carbocycles. The zero-order chi connectivity index (χ0) is 6.69. The molecular formula is C6H9NOS. The second-order valence-corrected chi connectivity index (χ2v) is 3.12. The number of rotatable bonds is 2. The second-order valence-electron chi connectivity index (χ2n) is 1.78. The number of hydrogen-bond donors (Lipinski definition) is 0. The van der Waals surface area contributed by atoms with Gasteiger partial charge in [0.15, 0.2) is 0 Å². The topological polar surface area (TPSA) is 20.3 Å². The summed E-state index contributed by atoms with van der Waals surface area (Å²) in [5, 5.41) is 1.70. The first-order valence-corrected chi connectivity index (χ1v) is 3.95. The first-order chi connectivity index (χ1) is 4.34. The highest BCUT2D eigenvalue weighted by molar-refractivity contribution is 7.85. The zero-order valence-electron chi connectivity index (χ0n) is 5.12. The Kier molecular flexibility index (Phi) is 2.19. The van der Waals surface area contributed by atoms with Gasteiger partial charge in [-0.05, 0) is 0 Å². The fourth-order valence-corrected chi connectivity index (χ4v) is 1.60. The summed E-state index contributed by atoms with van der Waals surface area (Å²) < 4.78 is 12.7. The van der Waals surface area contributed by atoms with E-state index in [9.17, 15) is 4.21 Å². The highest BCUT2D eigenvalue weighted by Gasteiger charge is 2.11. The largest absolute Gasteiger partial charge is 0.238 e. The van der Waals surface area contributed by atoms with E-state index in [-0.39, 0.29) is 0 Å². The minimum Gasteiger partial charge on any atom is -0.238 e. The molecule has 0 spiro atoms. The molecule has 0 aromatic rings. The van der Waals surface area contributed by atoms with Crippen LogP contribution in [0, 0.1) is 0 Å². The molecule has 1 unspecified atom stereocenters. The summed E-state index contributed by atoms with van der Waals surface area (Å²) in [5.74, 6) is 0. The minimum atomic E-state index is -0.879. The molecule has 0 radical (unpaired) electrons. The van der Waals surface area contributed by atoms with Crippen LogP contribution in [0.2, 0.25) is 0 Å². The average Bonchev–Trinajstić information content (AvgIpc) is 2.18. The van der Waals surface area contributed by atoms with Gasteiger partial charge in [0.25, 0.3) is 0 Å². The van der Waals surface area contributed by atoms with Gasteiger partial charge in [-0.1, -0.05) is 12.2 Å². The summed E-state index contributed by atoms with van der Waals surface area (Å²) in [5.41, 5.74) is 0. The number of hydrogen-bond acceptors (Lipinski definition) is 1. The van der Waals surface area contributed by atoms with Gasteiger partial charge in [0.05, 0.1) is 0 Å². The van der Waals surface area contributed by atoms with Crippen molar-refractivity contribution in [2.45, 2.75) is 0 Å². The van der Waals surface area contributed by atoms with E-state index in [1.807, 2.05) is 10.4 Å². The molecule has 1 aliphatic rings. The van der Waals surface area contributed by atoms with Crippen molar-refractivity contribution in [3.8, 4) is 0 Å². The van der Waals surface area contributed by atoms with Gasteiger partial charge in [-0.25, -0.2) is 8.51 Å². The molecule has 2 nitrogen and oxygen atoms in total. The van der Waals surface area contributed by atoms with Crippen molar-refractivity contribution in [3.63, 3.8) is 0 Å². The van der Waals surface area contributed by atoms with E-state index in [1.165, 1.54) is 0 Å². The summed E-state index contributed by atoms with van der Waals surface area (Å²) in [4.78, 5) is 0. The fraction of sp³-hybridized carbons (Fsp3) is 0.333. The molecule has 1 rings (SSSR count). The standard InChI is InChI=1S/C6H9NOS/c1-2-4-7-5-3-6-9(7)8/h2-3,6H,1,4-5H2. The minimum absolute atomic E-state index is 0.708. The maximum Gasteiger partial charge on any atom is 0.120 e. The summed E-state index contributed by atoms with van der Waals surface area (Å²) in [7, 11) is -0.879. The molecule has 0 fully saturated rings. The first-order valence-electron chi connectivity index (χ1n) is 2.78. The summed E-state index contributed by atoms with van der Waals surface area (Å²) in [6, 6.07) is 0. The third-order valence-electron chi connectivity index (χ3n) is 1.11. The Morgan fingerprint density at radius 3 is 3.11 bits per heavy atom. The van der Waals surface area contributed by atoms with Gasteiger partial charge < -0.3 is 0 Å². The van der Waals surface area contributed by atoms with Crippen LogP contribution in [-0.2, 0) is 11.0 Å². The fourth-order valence-electron chi connectivity index (χ4n) is 0.694. The van der Waals surface area contributed by atoms with Crippen LogP contribution in [0.4, 0.5) is 0 Å². The molecule has 9 heavy (non-hydrogen) atoms. The smallest absolute Gasteiger partial charge is 0.120 e. The van der Waals surface area contributed by atoms with Crippen molar-refractivity contribution in [1.29, 1.82) is 0 Å². The summed E-state index contributed by atoms with van der Waals surface area (Å²) in [6.07, 6.45) is 3.66. The van der Waals surface area contributed by atoms with Crippen LogP contribution < -0.4 is 0 Å². The molecule has 0 aromatic heterocycles. The van der Waals surface area contributed by atoms with E-state index in [1.54, 1.807) is 11.5 Å². The van der Waals surface area contributed by atoms with Crippen LogP contribution in [0.3, 0.4) is 0 Å². The molecule has 1 heterocycles. The Morgan fingerprint density at radius 2 is 2.67 bits per heavy atom. The quantitative estimate of drug-likeness (QED) is 0.520. The van der Waals surface area contributed by atoms with Gasteiger partial charge in [-0.2, -0.15) is 0 Å². The third kappa shape index (κ3) is 1.50. The second kappa shape index (κ2) is 2.94. The van der Waals surface area contributed by atoms with Crippen molar-refractivity contribution in [3.05, 3.63) is 24.1 Å². The molecule has 1 aliphatic heterocycles. The molecule has 1 atom stereocenters. The third-order valence-corrected chi connectivity index (χ3v) is 2.34. The number of nitrogens with zero attached hydrogens (tertiary/aromatic N) is 1. The van der Waals surface area contributed by atoms with E-state index >= 15 is 0 Å². The lowest BCUT2D eigenvalue weighted by molar-refractivity contribution is 0.547. The molecule has 0 bridgehead atoms. The monoisotopic (exact) mass is 143 g/mol. The van der Waals surface area contributed by atoms with Crippen molar-refractivity contribution >= 4 is 11.0 Å². The summed E-state index contributed by atoms with van der Waals surface area (Å²) in [6.45, 7) is 5.05. The van der Waals surface area contributed by atoms with Gasteiger partial charge >= 0.3 is 0 Å². The van der Waals surface area contributed by atoms with Crippen LogP contribution in [0.5, 0.6) is 0 Å². The lowest BCUT2D eigenvalue weighted by Gasteiger charge is -2.08. The van der Waals surface area contributed by atoms with Crippen molar-refractivity contribution in [1.82, 2.24) is 4.31 Å². The van der Waals surface area contributed by atoms with Crippen molar-refractivity contribution in [2.75, 3.05) is 13.1 Å². The molecule has 0 aliphatic carbocycles. The van der Waals surface area contributed by atoms with Crippen LogP contribution in [-0.4, -0.2) is 21.6 Å². The zero-order valence-corrected chi connectivity index (χ0v) is 5.93. The molecule has 0 amide bonds. The highest BCUT2D eigenvalue weighted by Crippen LogP contribution is 2.04. The average molecular weight is 143 g/mol. The van der Waals surface area contributed by atoms with Crippen molar-refractivity contribution < 1.29 is 4.21 Å². The Hall–Kier alpha value is -0.410. The molecule has 50 valence electrons. The van der Waals surface area contributed by atoms with Crippen LogP contribution in [0.25, 0.3) is 0 Å². The van der Waals surface area contributed by atoms with E-state index in [2.05, 4.69) is 6.58 Å². The van der Waals surface area contributed by atoms with Crippen LogP contribution >= 0.6 is 0 Å². The van der Waals surface area contributed by atoms with Crippen LogP contribution in [0.15, 0.2) is 24.1 Å². The molecular weight excluding hydrogens is 134 g/mol. The van der Waals surface area contributed by atoms with E-state index in [0.717, 1.165) is 6.54 Å². The Labute approximate surface area is 57.4 Å². The maximum atomic E-state index is 10.9. The SMILES string of the molecule is C=CCN1CC=CS1=O. The lowest BCUT2D eigenvalue weighted by atomic mass is 10.5. The normalized spacial score (nSPS) is 26.9. The van der Waals surface area contributed by atoms with Crippen molar-refractivity contribution in [2.24, 2.45) is 0 Å². The lowest BCUT2D eigenvalue weighted by Crippen LogP contribution is -2.20. The first kappa shape index (κ1) is 6.71. The summed E-state index contributed by atoms with van der Waals surface area (Å²) >= 11 is 0. The molecule has 0 saturated heterocycles. The van der Waals surface area contributed by atoms with E-state index in [0.29, 0.717) is 6.54 Å². The van der Waals surface area contributed by atoms with Gasteiger partial charge in [-0.3, -0.25) is 0 Å². The predicted octanol–water partition coefficient (Wildman–Crippen LogP) is 0.665. The molecule has 0 aromatic carbocycles. The van der Waals surface area contributed by atoms with Gasteiger partial charge in [0.2, 0.25) is 0 Å². The van der Waals surface area contributed by atoms with Gasteiger partial charge in [-0.15, -0.1) is 6.58 Å². The Bertz CT molecular complexity index is 164.